The predicted molar refractivity (Wildman–Crippen MR) is 96.0 cm³/mol. The first-order valence-corrected chi connectivity index (χ1v) is 8.88. The van der Waals surface area contributed by atoms with E-state index in [4.69, 9.17) is 10.5 Å². The number of aromatic nitrogens is 3. The molecule has 1 aliphatic rings. The van der Waals surface area contributed by atoms with Crippen molar-refractivity contribution in [3.8, 4) is 0 Å². The molecule has 3 heterocycles. The van der Waals surface area contributed by atoms with Crippen LogP contribution in [0.1, 0.15) is 39.3 Å². The molecule has 1 fully saturated rings. The smallest absolute Gasteiger partial charge is 0.410 e. The fraction of sp³-hybridized carbons (Fsp3) is 0.562. The highest BCUT2D eigenvalue weighted by atomic mass is 79.9. The lowest BCUT2D eigenvalue weighted by molar-refractivity contribution is -0.0497. The molecule has 2 aromatic rings. The largest absolute Gasteiger partial charge is 0.444 e. The lowest BCUT2D eigenvalue weighted by atomic mass is 9.90. The molecule has 9 heteroatoms. The second kappa shape index (κ2) is 6.14. The number of likely N-dealkylation sites (tertiary alicyclic amines) is 1. The second-order valence-electron chi connectivity index (χ2n) is 7.32. The zero-order chi connectivity index (χ0) is 18.4. The number of β-amino-alcohol motifs (C(OH)–C–C–N with tert-alkyl or cyclic N) is 1. The molecule has 0 aliphatic carbocycles. The molecule has 136 valence electrons. The topological polar surface area (TPSA) is 106 Å². The second-order valence-corrected chi connectivity index (χ2v) is 8.17. The SMILES string of the molecule is CC(C)(C)OC(=O)N1CCCC(O)(c2cc(Br)c3c(N)ncnn23)C1. The van der Waals surface area contributed by atoms with Gasteiger partial charge in [-0.3, -0.25) is 0 Å². The summed E-state index contributed by atoms with van der Waals surface area (Å²) >= 11 is 3.45. The number of hydrogen-bond acceptors (Lipinski definition) is 6. The Kier molecular flexibility index (Phi) is 4.40. The van der Waals surface area contributed by atoms with Gasteiger partial charge in [0.25, 0.3) is 0 Å². The van der Waals surface area contributed by atoms with Crippen LogP contribution < -0.4 is 5.73 Å². The van der Waals surface area contributed by atoms with Gasteiger partial charge in [0.05, 0.1) is 12.2 Å². The van der Waals surface area contributed by atoms with Crippen LogP contribution in [0.25, 0.3) is 5.52 Å². The maximum Gasteiger partial charge on any atom is 0.410 e. The molecule has 0 bridgehead atoms. The molecule has 1 saturated heterocycles. The summed E-state index contributed by atoms with van der Waals surface area (Å²) < 4.78 is 7.70. The Bertz CT molecular complexity index is 816. The van der Waals surface area contributed by atoms with Crippen LogP contribution in [-0.4, -0.2) is 49.4 Å². The summed E-state index contributed by atoms with van der Waals surface area (Å²) in [6.07, 6.45) is 2.08. The minimum atomic E-state index is -1.25. The molecule has 0 aromatic carbocycles. The highest BCUT2D eigenvalue weighted by molar-refractivity contribution is 9.10. The van der Waals surface area contributed by atoms with Gasteiger partial charge in [-0.05, 0) is 55.6 Å². The number of fused-ring (bicyclic) bond motifs is 1. The number of hydrogen-bond donors (Lipinski definition) is 2. The molecular formula is C16H22BrN5O3. The third-order valence-corrected chi connectivity index (χ3v) is 4.74. The van der Waals surface area contributed by atoms with E-state index in [1.165, 1.54) is 11.2 Å². The number of piperidine rings is 1. The number of aliphatic hydroxyl groups is 1. The van der Waals surface area contributed by atoms with Gasteiger partial charge >= 0.3 is 6.09 Å². The van der Waals surface area contributed by atoms with Crippen LogP contribution in [0, 0.1) is 0 Å². The van der Waals surface area contributed by atoms with E-state index < -0.39 is 17.3 Å². The first-order valence-electron chi connectivity index (χ1n) is 8.09. The zero-order valence-corrected chi connectivity index (χ0v) is 16.1. The average molecular weight is 412 g/mol. The zero-order valence-electron chi connectivity index (χ0n) is 14.5. The monoisotopic (exact) mass is 411 g/mol. The van der Waals surface area contributed by atoms with Gasteiger partial charge in [-0.1, -0.05) is 0 Å². The molecule has 8 nitrogen and oxygen atoms in total. The van der Waals surface area contributed by atoms with Crippen molar-refractivity contribution in [1.82, 2.24) is 19.5 Å². The summed E-state index contributed by atoms with van der Waals surface area (Å²) in [6, 6.07) is 1.78. The van der Waals surface area contributed by atoms with E-state index >= 15 is 0 Å². The molecule has 1 unspecified atom stereocenters. The summed E-state index contributed by atoms with van der Waals surface area (Å²) in [4.78, 5) is 17.9. The predicted octanol–water partition coefficient (Wildman–Crippen LogP) is 2.29. The third-order valence-electron chi connectivity index (χ3n) is 4.14. The lowest BCUT2D eigenvalue weighted by Gasteiger charge is -2.39. The van der Waals surface area contributed by atoms with E-state index in [0.29, 0.717) is 40.9 Å². The van der Waals surface area contributed by atoms with Crippen LogP contribution in [0.4, 0.5) is 10.6 Å². The maximum absolute atomic E-state index is 12.4. The Hall–Kier alpha value is -1.87. The fourth-order valence-corrected chi connectivity index (χ4v) is 3.67. The number of nitrogen functional groups attached to an aromatic ring is 1. The Labute approximate surface area is 154 Å². The van der Waals surface area contributed by atoms with E-state index in [0.717, 1.165) is 0 Å². The standard InChI is InChI=1S/C16H22BrN5O3/c1-15(2,3)25-14(23)21-6-4-5-16(24,8-21)11-7-10(17)12-13(18)19-9-20-22(11)12/h7,9,24H,4-6,8H2,1-3H3,(H2,18,19,20). The number of nitrogens with zero attached hydrogens (tertiary/aromatic N) is 4. The number of amides is 1. The number of nitrogens with two attached hydrogens (primary N) is 1. The lowest BCUT2D eigenvalue weighted by Crippen LogP contribution is -2.50. The molecule has 0 spiro atoms. The third kappa shape index (κ3) is 3.43. The Morgan fingerprint density at radius 1 is 1.48 bits per heavy atom. The molecule has 3 rings (SSSR count). The van der Waals surface area contributed by atoms with E-state index in [-0.39, 0.29) is 6.54 Å². The van der Waals surface area contributed by atoms with Gasteiger partial charge in [0.2, 0.25) is 0 Å². The van der Waals surface area contributed by atoms with Crippen LogP contribution in [-0.2, 0) is 10.3 Å². The van der Waals surface area contributed by atoms with Gasteiger partial charge in [-0.15, -0.1) is 0 Å². The minimum absolute atomic E-state index is 0.129. The van der Waals surface area contributed by atoms with E-state index in [9.17, 15) is 9.90 Å². The Morgan fingerprint density at radius 3 is 2.88 bits per heavy atom. The van der Waals surface area contributed by atoms with Gasteiger partial charge < -0.3 is 20.5 Å². The normalized spacial score (nSPS) is 21.6. The molecule has 2 aromatic heterocycles. The van der Waals surface area contributed by atoms with E-state index in [1.807, 2.05) is 20.8 Å². The number of halogens is 1. The van der Waals surface area contributed by atoms with Crippen molar-refractivity contribution in [2.75, 3.05) is 18.8 Å². The Morgan fingerprint density at radius 2 is 2.20 bits per heavy atom. The van der Waals surface area contributed by atoms with Gasteiger partial charge in [-0.25, -0.2) is 14.3 Å². The molecule has 0 saturated carbocycles. The highest BCUT2D eigenvalue weighted by Gasteiger charge is 2.41. The molecule has 1 amide bonds. The van der Waals surface area contributed by atoms with Crippen molar-refractivity contribution in [1.29, 1.82) is 0 Å². The van der Waals surface area contributed by atoms with Crippen molar-refractivity contribution in [2.45, 2.75) is 44.8 Å². The summed E-state index contributed by atoms with van der Waals surface area (Å²) in [5.41, 5.74) is 5.25. The fourth-order valence-electron chi connectivity index (χ4n) is 3.08. The van der Waals surface area contributed by atoms with Crippen molar-refractivity contribution >= 4 is 33.4 Å². The minimum Gasteiger partial charge on any atom is -0.444 e. The van der Waals surface area contributed by atoms with Crippen LogP contribution >= 0.6 is 15.9 Å². The van der Waals surface area contributed by atoms with Crippen molar-refractivity contribution < 1.29 is 14.6 Å². The average Bonchev–Trinajstić information content (AvgIpc) is 2.85. The summed E-state index contributed by atoms with van der Waals surface area (Å²) in [5, 5.41) is 15.5. The van der Waals surface area contributed by atoms with Gasteiger partial charge in [0, 0.05) is 11.0 Å². The van der Waals surface area contributed by atoms with Crippen LogP contribution in [0.3, 0.4) is 0 Å². The molecular weight excluding hydrogens is 390 g/mol. The molecule has 25 heavy (non-hydrogen) atoms. The van der Waals surface area contributed by atoms with Crippen molar-refractivity contribution in [2.24, 2.45) is 0 Å². The van der Waals surface area contributed by atoms with Crippen LogP contribution in [0.5, 0.6) is 0 Å². The van der Waals surface area contributed by atoms with Crippen molar-refractivity contribution in [3.63, 3.8) is 0 Å². The first-order chi connectivity index (χ1) is 11.6. The van der Waals surface area contributed by atoms with Gasteiger partial charge in [0.15, 0.2) is 5.82 Å². The highest BCUT2D eigenvalue weighted by Crippen LogP contribution is 2.36. The maximum atomic E-state index is 12.4. The number of anilines is 1. The number of rotatable bonds is 1. The van der Waals surface area contributed by atoms with E-state index in [1.54, 1.807) is 10.6 Å². The number of carbonyl (C=O) groups is 1. The van der Waals surface area contributed by atoms with Crippen LogP contribution in [0.15, 0.2) is 16.9 Å². The summed E-state index contributed by atoms with van der Waals surface area (Å²) in [7, 11) is 0. The number of carbonyl (C=O) groups excluding carboxylic acids is 1. The molecule has 3 N–H and O–H groups in total. The summed E-state index contributed by atoms with van der Waals surface area (Å²) in [6.45, 7) is 6.12. The molecule has 0 radical (unpaired) electrons. The number of ether oxygens (including phenoxy) is 1. The van der Waals surface area contributed by atoms with Crippen molar-refractivity contribution in [3.05, 3.63) is 22.6 Å². The molecule has 1 aliphatic heterocycles. The Balaban J connectivity index is 1.94. The quantitative estimate of drug-likeness (QED) is 0.745. The van der Waals surface area contributed by atoms with Crippen LogP contribution in [0.2, 0.25) is 0 Å². The van der Waals surface area contributed by atoms with Gasteiger partial charge in [0.1, 0.15) is 23.0 Å². The van der Waals surface area contributed by atoms with Gasteiger partial charge in [-0.2, -0.15) is 5.10 Å². The summed E-state index contributed by atoms with van der Waals surface area (Å²) in [5.74, 6) is 0.316. The molecule has 1 atom stereocenters. The van der Waals surface area contributed by atoms with E-state index in [2.05, 4.69) is 26.0 Å². The first kappa shape index (κ1) is 17.9.